The van der Waals surface area contributed by atoms with E-state index in [4.69, 9.17) is 0 Å². The number of aliphatic hydroxyl groups is 1. The molecular formula is C11H19NO3. The summed E-state index contributed by atoms with van der Waals surface area (Å²) >= 11 is 0. The number of nitrogens with zero attached hydrogens (tertiary/aromatic N) is 1. The molecule has 86 valence electrons. The summed E-state index contributed by atoms with van der Waals surface area (Å²) in [7, 11) is 2.01. The normalized spacial score (nSPS) is 29.5. The van der Waals surface area contributed by atoms with E-state index in [1.165, 1.54) is 0 Å². The van der Waals surface area contributed by atoms with Crippen molar-refractivity contribution >= 4 is 5.97 Å². The third-order valence-electron chi connectivity index (χ3n) is 4.32. The van der Waals surface area contributed by atoms with Crippen molar-refractivity contribution in [3.63, 3.8) is 0 Å². The summed E-state index contributed by atoms with van der Waals surface area (Å²) in [6.07, 6.45) is 3.40. The Morgan fingerprint density at radius 1 is 1.20 bits per heavy atom. The zero-order valence-corrected chi connectivity index (χ0v) is 9.20. The van der Waals surface area contributed by atoms with Gasteiger partial charge in [-0.05, 0) is 32.7 Å². The van der Waals surface area contributed by atoms with E-state index in [9.17, 15) is 15.0 Å². The molecule has 1 saturated heterocycles. The Labute approximate surface area is 89.9 Å². The smallest absolute Gasteiger partial charge is 0.312 e. The molecule has 0 spiro atoms. The van der Waals surface area contributed by atoms with Gasteiger partial charge >= 0.3 is 5.97 Å². The van der Waals surface area contributed by atoms with Crippen LogP contribution in [0.25, 0.3) is 0 Å². The van der Waals surface area contributed by atoms with E-state index >= 15 is 0 Å². The van der Waals surface area contributed by atoms with Crippen LogP contribution >= 0.6 is 0 Å². The van der Waals surface area contributed by atoms with Gasteiger partial charge in [0.15, 0.2) is 0 Å². The maximum absolute atomic E-state index is 11.3. The number of piperidine rings is 1. The van der Waals surface area contributed by atoms with Gasteiger partial charge in [-0.15, -0.1) is 0 Å². The lowest BCUT2D eigenvalue weighted by atomic mass is 9.56. The van der Waals surface area contributed by atoms with Crippen LogP contribution in [0.1, 0.15) is 32.1 Å². The molecule has 0 atom stereocenters. The van der Waals surface area contributed by atoms with E-state index < -0.39 is 17.0 Å². The zero-order valence-electron chi connectivity index (χ0n) is 9.20. The minimum absolute atomic E-state index is 0.593. The predicted molar refractivity (Wildman–Crippen MR) is 55.6 cm³/mol. The molecule has 2 rings (SSSR count). The van der Waals surface area contributed by atoms with Crippen molar-refractivity contribution in [2.75, 3.05) is 20.1 Å². The number of rotatable bonds is 2. The van der Waals surface area contributed by atoms with E-state index in [2.05, 4.69) is 4.90 Å². The molecule has 4 heteroatoms. The van der Waals surface area contributed by atoms with E-state index in [1.54, 1.807) is 0 Å². The lowest BCUT2D eigenvalue weighted by Crippen LogP contribution is -2.61. The first-order valence-electron chi connectivity index (χ1n) is 5.65. The lowest BCUT2D eigenvalue weighted by molar-refractivity contribution is -0.193. The number of carboxylic acids is 1. The molecule has 1 aliphatic heterocycles. The van der Waals surface area contributed by atoms with Gasteiger partial charge in [0.1, 0.15) is 0 Å². The zero-order chi connectivity index (χ0) is 11.1. The molecule has 0 aromatic rings. The lowest BCUT2D eigenvalue weighted by Gasteiger charge is -2.52. The van der Waals surface area contributed by atoms with Crippen molar-refractivity contribution in [3.05, 3.63) is 0 Å². The van der Waals surface area contributed by atoms with Gasteiger partial charge in [-0.25, -0.2) is 0 Å². The van der Waals surface area contributed by atoms with Crippen LogP contribution in [0.4, 0.5) is 0 Å². The van der Waals surface area contributed by atoms with Crippen molar-refractivity contribution in [1.29, 1.82) is 0 Å². The number of hydrogen-bond acceptors (Lipinski definition) is 3. The van der Waals surface area contributed by atoms with Crippen LogP contribution in [0, 0.1) is 5.41 Å². The first-order valence-corrected chi connectivity index (χ1v) is 5.65. The predicted octanol–water partition coefficient (Wildman–Crippen LogP) is 0.698. The summed E-state index contributed by atoms with van der Waals surface area (Å²) in [5.74, 6) is -0.805. The molecule has 1 heterocycles. The highest BCUT2D eigenvalue weighted by molar-refractivity contribution is 5.77. The minimum atomic E-state index is -0.969. The molecule has 0 aromatic carbocycles. The van der Waals surface area contributed by atoms with E-state index in [0.29, 0.717) is 25.7 Å². The molecule has 2 fully saturated rings. The molecule has 0 aromatic heterocycles. The van der Waals surface area contributed by atoms with Gasteiger partial charge in [-0.1, -0.05) is 6.42 Å². The summed E-state index contributed by atoms with van der Waals surface area (Å²) < 4.78 is 0. The van der Waals surface area contributed by atoms with Gasteiger partial charge in [0.25, 0.3) is 0 Å². The first kappa shape index (κ1) is 10.9. The molecule has 0 radical (unpaired) electrons. The number of carboxylic acid groups (broad SMARTS) is 1. The van der Waals surface area contributed by atoms with Crippen molar-refractivity contribution in [1.82, 2.24) is 4.90 Å². The third kappa shape index (κ3) is 1.47. The summed E-state index contributed by atoms with van der Waals surface area (Å²) in [6, 6.07) is 0. The maximum Gasteiger partial charge on any atom is 0.312 e. The topological polar surface area (TPSA) is 60.8 Å². The van der Waals surface area contributed by atoms with Gasteiger partial charge in [0, 0.05) is 13.1 Å². The average Bonchev–Trinajstić information content (AvgIpc) is 2.07. The van der Waals surface area contributed by atoms with Gasteiger partial charge in [0.2, 0.25) is 0 Å². The second-order valence-corrected chi connectivity index (χ2v) is 5.08. The highest BCUT2D eigenvalue weighted by Crippen LogP contribution is 2.53. The first-order chi connectivity index (χ1) is 7.00. The molecule has 0 unspecified atom stereocenters. The fourth-order valence-electron chi connectivity index (χ4n) is 2.88. The summed E-state index contributed by atoms with van der Waals surface area (Å²) in [4.78, 5) is 13.5. The number of likely N-dealkylation sites (tertiary alicyclic amines) is 1. The van der Waals surface area contributed by atoms with Crippen molar-refractivity contribution in [3.8, 4) is 0 Å². The largest absolute Gasteiger partial charge is 0.481 e. The molecule has 0 bridgehead atoms. The standard InChI is InChI=1S/C11H19NO3/c1-12-7-5-11(15,6-8-12)10(9(13)14)3-2-4-10/h15H,2-8H2,1H3,(H,13,14). The van der Waals surface area contributed by atoms with Crippen LogP contribution in [0.15, 0.2) is 0 Å². The fraction of sp³-hybridized carbons (Fsp3) is 0.909. The second-order valence-electron chi connectivity index (χ2n) is 5.08. The maximum atomic E-state index is 11.3. The molecule has 2 aliphatic rings. The van der Waals surface area contributed by atoms with Crippen LogP contribution in [0.2, 0.25) is 0 Å². The third-order valence-corrected chi connectivity index (χ3v) is 4.32. The van der Waals surface area contributed by atoms with Crippen LogP contribution in [0.5, 0.6) is 0 Å². The van der Waals surface area contributed by atoms with Crippen LogP contribution in [0.3, 0.4) is 0 Å². The second kappa shape index (κ2) is 3.46. The van der Waals surface area contributed by atoms with Crippen molar-refractivity contribution in [2.24, 2.45) is 5.41 Å². The highest BCUT2D eigenvalue weighted by atomic mass is 16.4. The van der Waals surface area contributed by atoms with Crippen molar-refractivity contribution < 1.29 is 15.0 Å². The minimum Gasteiger partial charge on any atom is -0.481 e. The fourth-order valence-corrected chi connectivity index (χ4v) is 2.88. The van der Waals surface area contributed by atoms with E-state index in [1.807, 2.05) is 7.05 Å². The number of carbonyl (C=O) groups is 1. The summed E-state index contributed by atoms with van der Waals surface area (Å²) in [5.41, 5.74) is -1.81. The average molecular weight is 213 g/mol. The molecular weight excluding hydrogens is 194 g/mol. The van der Waals surface area contributed by atoms with Crippen LogP contribution in [-0.4, -0.2) is 46.8 Å². The Balaban J connectivity index is 2.17. The monoisotopic (exact) mass is 213 g/mol. The molecule has 0 amide bonds. The Bertz CT molecular complexity index is 265. The Hall–Kier alpha value is -0.610. The summed E-state index contributed by atoms with van der Waals surface area (Å²) in [6.45, 7) is 1.59. The van der Waals surface area contributed by atoms with Gasteiger partial charge < -0.3 is 15.1 Å². The molecule has 1 aliphatic carbocycles. The molecule has 15 heavy (non-hydrogen) atoms. The highest BCUT2D eigenvalue weighted by Gasteiger charge is 2.59. The van der Waals surface area contributed by atoms with E-state index in [0.717, 1.165) is 19.5 Å². The van der Waals surface area contributed by atoms with E-state index in [-0.39, 0.29) is 0 Å². The molecule has 4 nitrogen and oxygen atoms in total. The van der Waals surface area contributed by atoms with Crippen LogP contribution in [-0.2, 0) is 4.79 Å². The number of aliphatic carboxylic acids is 1. The number of hydrogen-bond donors (Lipinski definition) is 2. The Morgan fingerprint density at radius 2 is 1.73 bits per heavy atom. The Morgan fingerprint density at radius 3 is 2.07 bits per heavy atom. The van der Waals surface area contributed by atoms with Gasteiger partial charge in [-0.2, -0.15) is 0 Å². The summed E-state index contributed by atoms with van der Waals surface area (Å²) in [5, 5.41) is 19.8. The molecule has 1 saturated carbocycles. The van der Waals surface area contributed by atoms with Gasteiger partial charge in [-0.3, -0.25) is 4.79 Å². The quantitative estimate of drug-likeness (QED) is 0.709. The Kier molecular flexibility index (Phi) is 2.51. The van der Waals surface area contributed by atoms with Gasteiger partial charge in [0.05, 0.1) is 11.0 Å². The molecule has 2 N–H and O–H groups in total. The SMILES string of the molecule is CN1CCC(O)(C2(C(=O)O)CCC2)CC1. The van der Waals surface area contributed by atoms with Crippen molar-refractivity contribution in [2.45, 2.75) is 37.7 Å². The van der Waals surface area contributed by atoms with Crippen LogP contribution < -0.4 is 0 Å².